The minimum atomic E-state index is -0.179. The number of aryl methyl sites for hydroxylation is 1. The lowest BCUT2D eigenvalue weighted by Crippen LogP contribution is -2.49. The molecule has 0 aliphatic carbocycles. The van der Waals surface area contributed by atoms with E-state index < -0.39 is 0 Å². The van der Waals surface area contributed by atoms with Gasteiger partial charge in [-0.15, -0.1) is 0 Å². The van der Waals surface area contributed by atoms with Crippen molar-refractivity contribution in [3.8, 4) is 5.69 Å². The Morgan fingerprint density at radius 1 is 1.23 bits per heavy atom. The zero-order chi connectivity index (χ0) is 21.0. The second-order valence-electron chi connectivity index (χ2n) is 7.73. The van der Waals surface area contributed by atoms with E-state index in [9.17, 15) is 9.59 Å². The molecule has 4 aromatic rings. The molecule has 152 valence electrons. The molecule has 0 bridgehead atoms. The second-order valence-corrected chi connectivity index (χ2v) is 8.64. The molecule has 7 nitrogen and oxygen atoms in total. The number of nitrogens with one attached hydrogen (secondary N) is 1. The van der Waals surface area contributed by atoms with E-state index in [2.05, 4.69) is 25.9 Å². The standard InChI is InChI=1S/C22H20BrN5O2/c1-13-9-26(12-25-13)19-5-6-20-22(30)27(14(2)10-28(20)21(19)29)11-15-8-24-18-7-16(23)3-4-17(15)18/h3-9,12,14,24H,10-11H2,1-2H3. The highest BCUT2D eigenvalue weighted by Gasteiger charge is 2.31. The van der Waals surface area contributed by atoms with E-state index >= 15 is 0 Å². The van der Waals surface area contributed by atoms with E-state index in [-0.39, 0.29) is 17.5 Å². The molecular weight excluding hydrogens is 446 g/mol. The maximum atomic E-state index is 13.3. The second kappa shape index (κ2) is 6.98. The van der Waals surface area contributed by atoms with Crippen molar-refractivity contribution >= 4 is 32.7 Å². The number of halogens is 1. The van der Waals surface area contributed by atoms with Crippen molar-refractivity contribution in [3.05, 3.63) is 80.8 Å². The van der Waals surface area contributed by atoms with Crippen molar-refractivity contribution in [2.45, 2.75) is 33.0 Å². The van der Waals surface area contributed by atoms with Gasteiger partial charge in [0.1, 0.15) is 11.4 Å². The van der Waals surface area contributed by atoms with Gasteiger partial charge in [-0.2, -0.15) is 0 Å². The van der Waals surface area contributed by atoms with Gasteiger partial charge < -0.3 is 19.0 Å². The minimum absolute atomic E-state index is 0.108. The monoisotopic (exact) mass is 465 g/mol. The van der Waals surface area contributed by atoms with Crippen LogP contribution in [0.2, 0.25) is 0 Å². The van der Waals surface area contributed by atoms with Crippen molar-refractivity contribution in [1.82, 2.24) is 24.0 Å². The van der Waals surface area contributed by atoms with Crippen LogP contribution in [0.1, 0.15) is 28.7 Å². The number of aromatic nitrogens is 4. The van der Waals surface area contributed by atoms with Crippen molar-refractivity contribution in [3.63, 3.8) is 0 Å². The summed E-state index contributed by atoms with van der Waals surface area (Å²) in [5.41, 5.74) is 3.64. The van der Waals surface area contributed by atoms with Crippen LogP contribution in [0.25, 0.3) is 16.6 Å². The molecule has 8 heteroatoms. The van der Waals surface area contributed by atoms with Crippen LogP contribution in [0.3, 0.4) is 0 Å². The predicted molar refractivity (Wildman–Crippen MR) is 118 cm³/mol. The highest BCUT2D eigenvalue weighted by Crippen LogP contribution is 2.26. The minimum Gasteiger partial charge on any atom is -0.361 e. The van der Waals surface area contributed by atoms with Crippen LogP contribution in [0.4, 0.5) is 0 Å². The summed E-state index contributed by atoms with van der Waals surface area (Å²) in [4.78, 5) is 35.7. The van der Waals surface area contributed by atoms with Crippen LogP contribution < -0.4 is 5.56 Å². The van der Waals surface area contributed by atoms with Gasteiger partial charge in [-0.3, -0.25) is 9.59 Å². The van der Waals surface area contributed by atoms with Crippen LogP contribution in [0, 0.1) is 6.92 Å². The van der Waals surface area contributed by atoms with Gasteiger partial charge in [0.25, 0.3) is 11.5 Å². The van der Waals surface area contributed by atoms with Gasteiger partial charge in [-0.25, -0.2) is 4.98 Å². The Kier molecular flexibility index (Phi) is 4.39. The van der Waals surface area contributed by atoms with Gasteiger partial charge >= 0.3 is 0 Å². The van der Waals surface area contributed by atoms with Gasteiger partial charge in [-0.05, 0) is 43.7 Å². The Balaban J connectivity index is 1.50. The summed E-state index contributed by atoms with van der Waals surface area (Å²) in [5, 5.41) is 1.09. The predicted octanol–water partition coefficient (Wildman–Crippen LogP) is 3.63. The Bertz CT molecular complexity index is 1350. The number of pyridine rings is 1. The van der Waals surface area contributed by atoms with Crippen LogP contribution in [0.15, 0.2) is 58.3 Å². The zero-order valence-electron chi connectivity index (χ0n) is 16.6. The molecule has 0 spiro atoms. The molecule has 0 saturated carbocycles. The van der Waals surface area contributed by atoms with Gasteiger partial charge in [0.2, 0.25) is 0 Å². The first kappa shape index (κ1) is 18.9. The summed E-state index contributed by atoms with van der Waals surface area (Å²) in [7, 11) is 0. The molecule has 1 atom stereocenters. The lowest BCUT2D eigenvalue weighted by Gasteiger charge is -2.35. The summed E-state index contributed by atoms with van der Waals surface area (Å²) in [5.74, 6) is -0.134. The number of amides is 1. The SMILES string of the molecule is Cc1cn(-c2ccc3n(c2=O)CC(C)N(Cc2c[nH]c4cc(Br)ccc24)C3=O)cn1. The molecule has 3 aromatic heterocycles. The molecule has 30 heavy (non-hydrogen) atoms. The summed E-state index contributed by atoms with van der Waals surface area (Å²) in [6.45, 7) is 4.79. The van der Waals surface area contributed by atoms with Gasteiger partial charge in [0, 0.05) is 46.9 Å². The van der Waals surface area contributed by atoms with Crippen molar-refractivity contribution in [2.24, 2.45) is 0 Å². The lowest BCUT2D eigenvalue weighted by atomic mass is 10.1. The van der Waals surface area contributed by atoms with Crippen LogP contribution in [0.5, 0.6) is 0 Å². The third-order valence-corrected chi connectivity index (χ3v) is 6.17. The Labute approximate surface area is 181 Å². The Hall–Kier alpha value is -3.13. The third kappa shape index (κ3) is 2.99. The Morgan fingerprint density at radius 2 is 2.07 bits per heavy atom. The van der Waals surface area contributed by atoms with E-state index in [1.165, 1.54) is 0 Å². The fourth-order valence-electron chi connectivity index (χ4n) is 4.09. The molecule has 1 N–H and O–H groups in total. The number of H-pyrrole nitrogens is 1. The number of benzene rings is 1. The smallest absolute Gasteiger partial charge is 0.275 e. The molecule has 1 aliphatic rings. The Morgan fingerprint density at radius 3 is 2.83 bits per heavy atom. The fraction of sp³-hybridized carbons (Fsp3) is 0.227. The highest BCUT2D eigenvalue weighted by molar-refractivity contribution is 9.10. The molecule has 0 fully saturated rings. The van der Waals surface area contributed by atoms with Crippen molar-refractivity contribution in [1.29, 1.82) is 0 Å². The summed E-state index contributed by atoms with van der Waals surface area (Å²) >= 11 is 3.49. The number of imidazole rings is 1. The molecule has 4 heterocycles. The average Bonchev–Trinajstić information content (AvgIpc) is 3.32. The molecule has 5 rings (SSSR count). The van der Waals surface area contributed by atoms with Crippen LogP contribution >= 0.6 is 15.9 Å². The zero-order valence-corrected chi connectivity index (χ0v) is 18.2. The van der Waals surface area contributed by atoms with E-state index in [1.807, 2.05) is 43.1 Å². The largest absolute Gasteiger partial charge is 0.361 e. The number of hydrogen-bond acceptors (Lipinski definition) is 3. The summed E-state index contributed by atoms with van der Waals surface area (Å²) in [6.07, 6.45) is 5.37. The van der Waals surface area contributed by atoms with Gasteiger partial charge in [0.15, 0.2) is 0 Å². The number of hydrogen-bond donors (Lipinski definition) is 1. The molecule has 1 amide bonds. The first-order valence-electron chi connectivity index (χ1n) is 9.73. The number of nitrogens with zero attached hydrogens (tertiary/aromatic N) is 4. The number of carbonyl (C=O) groups is 1. The maximum absolute atomic E-state index is 13.3. The normalized spacial score (nSPS) is 16.3. The van der Waals surface area contributed by atoms with E-state index in [4.69, 9.17) is 0 Å². The van der Waals surface area contributed by atoms with Crippen LogP contribution in [-0.4, -0.2) is 36.0 Å². The van der Waals surface area contributed by atoms with Crippen molar-refractivity contribution < 1.29 is 4.79 Å². The summed E-state index contributed by atoms with van der Waals surface area (Å²) < 4.78 is 4.29. The molecule has 0 radical (unpaired) electrons. The van der Waals surface area contributed by atoms with Crippen LogP contribution in [-0.2, 0) is 13.1 Å². The van der Waals surface area contributed by atoms with Gasteiger partial charge in [0.05, 0.1) is 12.0 Å². The number of rotatable bonds is 3. The number of aromatic amines is 1. The number of fused-ring (bicyclic) bond motifs is 2. The topological polar surface area (TPSA) is 75.9 Å². The van der Waals surface area contributed by atoms with Gasteiger partial charge in [-0.1, -0.05) is 22.0 Å². The van der Waals surface area contributed by atoms with E-state index in [0.717, 1.165) is 26.6 Å². The third-order valence-electron chi connectivity index (χ3n) is 5.67. The lowest BCUT2D eigenvalue weighted by molar-refractivity contribution is 0.0591. The molecule has 0 saturated heterocycles. The first-order valence-corrected chi connectivity index (χ1v) is 10.5. The fourth-order valence-corrected chi connectivity index (χ4v) is 4.46. The molecular formula is C22H20BrN5O2. The van der Waals surface area contributed by atoms with E-state index in [0.29, 0.717) is 24.5 Å². The molecule has 1 unspecified atom stereocenters. The first-order chi connectivity index (χ1) is 14.4. The quantitative estimate of drug-likeness (QED) is 0.501. The van der Waals surface area contributed by atoms with E-state index in [1.54, 1.807) is 33.8 Å². The summed E-state index contributed by atoms with van der Waals surface area (Å²) in [6, 6.07) is 9.39. The van der Waals surface area contributed by atoms with Crippen molar-refractivity contribution in [2.75, 3.05) is 0 Å². The average molecular weight is 466 g/mol. The maximum Gasteiger partial charge on any atom is 0.275 e. The molecule has 1 aromatic carbocycles. The number of carbonyl (C=O) groups excluding carboxylic acids is 1. The molecule has 1 aliphatic heterocycles. The highest BCUT2D eigenvalue weighted by atomic mass is 79.9.